The Morgan fingerprint density at radius 3 is 1.91 bits per heavy atom. The summed E-state index contributed by atoms with van der Waals surface area (Å²) < 4.78 is 19.1. The maximum absolute atomic E-state index is 13.2. The Kier molecular flexibility index (Phi) is 14.1. The van der Waals surface area contributed by atoms with Crippen molar-refractivity contribution in [2.45, 2.75) is 116 Å². The molecule has 2 aliphatic heterocycles. The molecule has 8 nitrogen and oxygen atoms in total. The third-order valence-electron chi connectivity index (χ3n) is 10.9. The van der Waals surface area contributed by atoms with Gasteiger partial charge in [-0.05, 0) is 98.8 Å². The summed E-state index contributed by atoms with van der Waals surface area (Å²) in [7, 11) is -0.282. The van der Waals surface area contributed by atoms with Gasteiger partial charge in [-0.3, -0.25) is 14.7 Å². The van der Waals surface area contributed by atoms with Crippen LogP contribution in [-0.2, 0) is 14.0 Å². The molecule has 54 heavy (non-hydrogen) atoms. The first-order valence-corrected chi connectivity index (χ1v) is 20.1. The van der Waals surface area contributed by atoms with Gasteiger partial charge in [0.15, 0.2) is 6.29 Å². The minimum absolute atomic E-state index is 0.0427. The first-order chi connectivity index (χ1) is 25.5. The standard InChI is InChI=1S/C43H58BCl2N3O5/c1-40(2,3)52-39(51)43(23-14-15-25-44-53-41(4,5)42(6,7)54-44,47-37(32-17-10-8-11-18-32)33-19-12-9-13-20-33)24-16-26-48-27-29-49(30-28-48)38(50)34-21-22-35(45)36(46)31-34/h8-13,17-22,31,39,51H,14-16,23-30H2,1-7H3. The van der Waals surface area contributed by atoms with E-state index in [9.17, 15) is 9.90 Å². The quantitative estimate of drug-likeness (QED) is 0.0718. The maximum atomic E-state index is 13.2. The minimum atomic E-state index is -1.16. The Bertz CT molecular complexity index is 1650. The van der Waals surface area contributed by atoms with Crippen LogP contribution < -0.4 is 0 Å². The number of amides is 1. The van der Waals surface area contributed by atoms with Crippen LogP contribution in [0.5, 0.6) is 0 Å². The topological polar surface area (TPSA) is 83.8 Å². The summed E-state index contributed by atoms with van der Waals surface area (Å²) in [6.07, 6.45) is 3.23. The van der Waals surface area contributed by atoms with Crippen LogP contribution in [0.15, 0.2) is 83.9 Å². The molecule has 2 saturated heterocycles. The number of benzene rings is 3. The highest BCUT2D eigenvalue weighted by Gasteiger charge is 2.50. The van der Waals surface area contributed by atoms with Gasteiger partial charge in [0.1, 0.15) is 5.54 Å². The number of halogens is 2. The number of carbonyl (C=O) groups is 1. The van der Waals surface area contributed by atoms with Crippen LogP contribution in [0.4, 0.5) is 0 Å². The second kappa shape index (κ2) is 18.0. The number of aliphatic hydroxyl groups is 1. The van der Waals surface area contributed by atoms with Crippen LogP contribution in [0, 0.1) is 0 Å². The summed E-state index contributed by atoms with van der Waals surface area (Å²) in [6.45, 7) is 17.7. The number of hydrogen-bond donors (Lipinski definition) is 1. The van der Waals surface area contributed by atoms with Gasteiger partial charge >= 0.3 is 7.12 Å². The van der Waals surface area contributed by atoms with Crippen LogP contribution in [0.1, 0.15) is 102 Å². The summed E-state index contributed by atoms with van der Waals surface area (Å²) in [6, 6.07) is 25.4. The maximum Gasteiger partial charge on any atom is 0.457 e. The van der Waals surface area contributed by atoms with E-state index in [1.807, 2.05) is 62.1 Å². The average molecular weight is 779 g/mol. The number of carbonyl (C=O) groups excluding carboxylic acids is 1. The fourth-order valence-electron chi connectivity index (χ4n) is 7.11. The number of aliphatic imine (C=N–C) groups is 1. The molecule has 2 atom stereocenters. The lowest BCUT2D eigenvalue weighted by molar-refractivity contribution is -0.201. The lowest BCUT2D eigenvalue weighted by Gasteiger charge is -2.40. The molecule has 2 aliphatic rings. The van der Waals surface area contributed by atoms with E-state index in [1.165, 1.54) is 0 Å². The number of rotatable bonds is 15. The fourth-order valence-corrected chi connectivity index (χ4v) is 7.41. The zero-order valence-corrected chi connectivity index (χ0v) is 34.6. The van der Waals surface area contributed by atoms with Crippen molar-refractivity contribution in [2.75, 3.05) is 32.7 Å². The number of piperazine rings is 1. The Labute approximate surface area is 333 Å². The van der Waals surface area contributed by atoms with E-state index in [2.05, 4.69) is 56.9 Å². The molecule has 0 aromatic heterocycles. The van der Waals surface area contributed by atoms with E-state index in [0.29, 0.717) is 41.5 Å². The van der Waals surface area contributed by atoms with Crippen LogP contribution in [-0.4, -0.2) is 95.0 Å². The first-order valence-electron chi connectivity index (χ1n) is 19.4. The van der Waals surface area contributed by atoms with Crippen LogP contribution in [0.25, 0.3) is 0 Å². The predicted octanol–water partition coefficient (Wildman–Crippen LogP) is 9.20. The summed E-state index contributed by atoms with van der Waals surface area (Å²) in [5.74, 6) is -0.0427. The lowest BCUT2D eigenvalue weighted by atomic mass is 9.79. The van der Waals surface area contributed by atoms with Gasteiger partial charge in [0.05, 0.1) is 32.6 Å². The zero-order valence-electron chi connectivity index (χ0n) is 33.1. The molecule has 1 N–H and O–H groups in total. The Balaban J connectivity index is 1.37. The fraction of sp³-hybridized carbons (Fsp3) is 0.535. The van der Waals surface area contributed by atoms with Crippen molar-refractivity contribution in [2.24, 2.45) is 4.99 Å². The molecule has 11 heteroatoms. The molecule has 0 saturated carbocycles. The average Bonchev–Trinajstić information content (AvgIpc) is 3.34. The van der Waals surface area contributed by atoms with Gasteiger partial charge in [-0.1, -0.05) is 96.7 Å². The summed E-state index contributed by atoms with van der Waals surface area (Å²) >= 11 is 12.3. The van der Waals surface area contributed by atoms with Crippen LogP contribution in [0.2, 0.25) is 16.4 Å². The van der Waals surface area contributed by atoms with Gasteiger partial charge in [-0.15, -0.1) is 0 Å². The van der Waals surface area contributed by atoms with Gasteiger partial charge < -0.3 is 24.1 Å². The molecule has 2 unspecified atom stereocenters. The van der Waals surface area contributed by atoms with E-state index >= 15 is 0 Å². The van der Waals surface area contributed by atoms with Gasteiger partial charge in [-0.25, -0.2) is 0 Å². The Morgan fingerprint density at radius 2 is 1.37 bits per heavy atom. The Hall–Kier alpha value is -2.76. The van der Waals surface area contributed by atoms with E-state index in [0.717, 1.165) is 62.1 Å². The van der Waals surface area contributed by atoms with E-state index in [4.69, 9.17) is 42.2 Å². The number of unbranched alkanes of at least 4 members (excludes halogenated alkanes) is 1. The highest BCUT2D eigenvalue weighted by Crippen LogP contribution is 2.39. The van der Waals surface area contributed by atoms with Gasteiger partial charge in [0.2, 0.25) is 0 Å². The van der Waals surface area contributed by atoms with Crippen molar-refractivity contribution in [1.29, 1.82) is 0 Å². The van der Waals surface area contributed by atoms with E-state index < -0.39 is 17.4 Å². The summed E-state index contributed by atoms with van der Waals surface area (Å²) in [4.78, 5) is 23.1. The smallest absolute Gasteiger partial charge is 0.403 e. The van der Waals surface area contributed by atoms with Gasteiger partial charge in [-0.2, -0.15) is 0 Å². The monoisotopic (exact) mass is 777 g/mol. The largest absolute Gasteiger partial charge is 0.457 e. The van der Waals surface area contributed by atoms with Crippen LogP contribution >= 0.6 is 23.2 Å². The van der Waals surface area contributed by atoms with Crippen molar-refractivity contribution < 1.29 is 23.9 Å². The highest BCUT2D eigenvalue weighted by molar-refractivity contribution is 6.45. The van der Waals surface area contributed by atoms with Crippen molar-refractivity contribution in [1.82, 2.24) is 9.80 Å². The van der Waals surface area contributed by atoms with Gasteiger partial charge in [0, 0.05) is 42.9 Å². The van der Waals surface area contributed by atoms with Crippen molar-refractivity contribution in [3.05, 3.63) is 106 Å². The number of hydrogen-bond acceptors (Lipinski definition) is 7. The molecule has 0 aliphatic carbocycles. The van der Waals surface area contributed by atoms with Crippen LogP contribution in [0.3, 0.4) is 0 Å². The molecule has 0 radical (unpaired) electrons. The molecule has 1 amide bonds. The molecular formula is C43H58BCl2N3O5. The second-order valence-electron chi connectivity index (χ2n) is 16.7. The second-order valence-corrected chi connectivity index (χ2v) is 17.5. The summed E-state index contributed by atoms with van der Waals surface area (Å²) in [5, 5.41) is 13.0. The molecule has 0 spiro atoms. The normalized spacial score (nSPS) is 19.0. The summed E-state index contributed by atoms with van der Waals surface area (Å²) in [5.41, 5.74) is 1.02. The molecule has 5 rings (SSSR count). The zero-order chi connectivity index (χ0) is 39.1. The minimum Gasteiger partial charge on any atom is -0.403 e. The molecule has 2 heterocycles. The van der Waals surface area contributed by atoms with E-state index in [1.54, 1.807) is 18.2 Å². The highest BCUT2D eigenvalue weighted by atomic mass is 35.5. The SMILES string of the molecule is CC(C)(C)OC(O)C(CCCCB1OC(C)(C)C(C)(C)O1)(CCCN1CCN(C(=O)c2ccc(Cl)c(Cl)c2)CC1)N=C(c1ccccc1)c1ccccc1. The molecule has 292 valence electrons. The first kappa shape index (κ1) is 42.4. The molecule has 3 aromatic carbocycles. The van der Waals surface area contributed by atoms with E-state index in [-0.39, 0.29) is 24.2 Å². The van der Waals surface area contributed by atoms with Gasteiger partial charge in [0.25, 0.3) is 5.91 Å². The van der Waals surface area contributed by atoms with Crippen molar-refractivity contribution in [3.8, 4) is 0 Å². The third kappa shape index (κ3) is 11.0. The predicted molar refractivity (Wildman–Crippen MR) is 221 cm³/mol. The number of aliphatic hydroxyl groups excluding tert-OH is 1. The van der Waals surface area contributed by atoms with Crippen molar-refractivity contribution >= 4 is 41.9 Å². The molecule has 3 aromatic rings. The molecule has 0 bridgehead atoms. The number of nitrogens with zero attached hydrogens (tertiary/aromatic N) is 3. The lowest BCUT2D eigenvalue weighted by Crippen LogP contribution is -2.50. The Morgan fingerprint density at radius 1 is 0.815 bits per heavy atom. The van der Waals surface area contributed by atoms with Crippen molar-refractivity contribution in [3.63, 3.8) is 0 Å². The third-order valence-corrected chi connectivity index (χ3v) is 11.6. The molecular weight excluding hydrogens is 720 g/mol. The number of ether oxygens (including phenoxy) is 1. The molecule has 2 fully saturated rings.